The van der Waals surface area contributed by atoms with Gasteiger partial charge in [0.05, 0.1) is 11.6 Å². The molecule has 1 aliphatic rings. The van der Waals surface area contributed by atoms with Gasteiger partial charge in [0.15, 0.2) is 0 Å². The predicted molar refractivity (Wildman–Crippen MR) is 89.5 cm³/mol. The summed E-state index contributed by atoms with van der Waals surface area (Å²) in [5.74, 6) is -0.882. The van der Waals surface area contributed by atoms with Crippen molar-refractivity contribution >= 4 is 11.8 Å². The Kier molecular flexibility index (Phi) is 5.13. The van der Waals surface area contributed by atoms with E-state index in [1.54, 1.807) is 45.0 Å². The van der Waals surface area contributed by atoms with Gasteiger partial charge in [0, 0.05) is 10.8 Å². The summed E-state index contributed by atoms with van der Waals surface area (Å²) < 4.78 is 5.41. The lowest BCUT2D eigenvalue weighted by Gasteiger charge is -2.42. The zero-order chi connectivity index (χ0) is 18.1. The van der Waals surface area contributed by atoms with E-state index < -0.39 is 29.8 Å². The summed E-state index contributed by atoms with van der Waals surface area (Å²) in [4.78, 5) is 24.5. The standard InChI is InChI=1S/C17H24N2O5/c1-5-11-13(10-18(22)23)12-8-6-7-9-14(12)19(15(11)20)16(21)24-17(2,3)4/h6-9,11,13,15,20H,5,10H2,1-4H3/t11-,13+,15+/m1/s1. The molecule has 0 unspecified atom stereocenters. The third-order valence-corrected chi connectivity index (χ3v) is 4.17. The van der Waals surface area contributed by atoms with E-state index in [0.29, 0.717) is 17.7 Å². The molecule has 3 atom stereocenters. The maximum atomic E-state index is 12.6. The number of amides is 1. The van der Waals surface area contributed by atoms with Gasteiger partial charge in [0.25, 0.3) is 0 Å². The first-order valence-electron chi connectivity index (χ1n) is 8.06. The second-order valence-electron chi connectivity index (χ2n) is 7.02. The highest BCUT2D eigenvalue weighted by Gasteiger charge is 2.45. The minimum absolute atomic E-state index is 0.283. The molecule has 0 spiro atoms. The maximum absolute atomic E-state index is 12.6. The van der Waals surface area contributed by atoms with E-state index in [0.717, 1.165) is 0 Å². The highest BCUT2D eigenvalue weighted by molar-refractivity contribution is 5.90. The lowest BCUT2D eigenvalue weighted by atomic mass is 9.78. The zero-order valence-corrected chi connectivity index (χ0v) is 14.4. The molecule has 0 saturated carbocycles. The first kappa shape index (κ1) is 18.2. The fraction of sp³-hybridized carbons (Fsp3) is 0.588. The molecule has 1 amide bonds. The topological polar surface area (TPSA) is 92.9 Å². The molecule has 0 radical (unpaired) electrons. The van der Waals surface area contributed by atoms with Crippen molar-refractivity contribution in [2.45, 2.75) is 51.9 Å². The van der Waals surface area contributed by atoms with Gasteiger partial charge in [-0.1, -0.05) is 25.1 Å². The number of hydrogen-bond donors (Lipinski definition) is 1. The number of carbonyl (C=O) groups excluding carboxylic acids is 1. The van der Waals surface area contributed by atoms with Crippen molar-refractivity contribution in [3.8, 4) is 0 Å². The lowest BCUT2D eigenvalue weighted by molar-refractivity contribution is -0.485. The third-order valence-electron chi connectivity index (χ3n) is 4.17. The van der Waals surface area contributed by atoms with Crippen LogP contribution in [0.2, 0.25) is 0 Å². The summed E-state index contributed by atoms with van der Waals surface area (Å²) in [6.45, 7) is 6.82. The van der Waals surface area contributed by atoms with E-state index in [4.69, 9.17) is 4.74 Å². The number of nitrogens with zero attached hydrogens (tertiary/aromatic N) is 2. The molecule has 1 aromatic rings. The summed E-state index contributed by atoms with van der Waals surface area (Å²) in [5.41, 5.74) is 0.457. The molecule has 1 aromatic carbocycles. The number of rotatable bonds is 3. The Hall–Kier alpha value is -2.15. The van der Waals surface area contributed by atoms with Crippen LogP contribution in [0.3, 0.4) is 0 Å². The Morgan fingerprint density at radius 3 is 2.54 bits per heavy atom. The molecule has 1 heterocycles. The van der Waals surface area contributed by atoms with Crippen LogP contribution in [0, 0.1) is 16.0 Å². The molecular weight excluding hydrogens is 312 g/mol. The number of fused-ring (bicyclic) bond motifs is 1. The fourth-order valence-electron chi connectivity index (χ4n) is 3.20. The summed E-state index contributed by atoms with van der Waals surface area (Å²) in [6.07, 6.45) is -1.31. The number of anilines is 1. The molecule has 1 N–H and O–H groups in total. The number of para-hydroxylation sites is 1. The minimum atomic E-state index is -1.16. The van der Waals surface area contributed by atoms with Gasteiger partial charge >= 0.3 is 6.09 Å². The molecule has 0 saturated heterocycles. The highest BCUT2D eigenvalue weighted by atomic mass is 16.6. The summed E-state index contributed by atoms with van der Waals surface area (Å²) in [7, 11) is 0. The highest BCUT2D eigenvalue weighted by Crippen LogP contribution is 2.43. The Morgan fingerprint density at radius 2 is 2.00 bits per heavy atom. The maximum Gasteiger partial charge on any atom is 0.416 e. The number of carbonyl (C=O) groups is 1. The molecule has 132 valence electrons. The molecule has 0 bridgehead atoms. The molecule has 0 fully saturated rings. The van der Waals surface area contributed by atoms with Gasteiger partial charge < -0.3 is 9.84 Å². The molecule has 1 aliphatic heterocycles. The summed E-state index contributed by atoms with van der Waals surface area (Å²) in [6, 6.07) is 6.97. The first-order valence-corrected chi connectivity index (χ1v) is 8.06. The minimum Gasteiger partial charge on any atom is -0.443 e. The largest absolute Gasteiger partial charge is 0.443 e. The van der Waals surface area contributed by atoms with Crippen molar-refractivity contribution in [3.05, 3.63) is 39.9 Å². The van der Waals surface area contributed by atoms with Crippen LogP contribution in [0.25, 0.3) is 0 Å². The quantitative estimate of drug-likeness (QED) is 0.676. The number of ether oxygens (including phenoxy) is 1. The molecule has 24 heavy (non-hydrogen) atoms. The van der Waals surface area contributed by atoms with Crippen molar-refractivity contribution in [2.24, 2.45) is 5.92 Å². The molecule has 2 rings (SSSR count). The average molecular weight is 336 g/mol. The molecule has 7 heteroatoms. The first-order chi connectivity index (χ1) is 11.2. The van der Waals surface area contributed by atoms with Gasteiger partial charge in [0.2, 0.25) is 6.54 Å². The van der Waals surface area contributed by atoms with E-state index >= 15 is 0 Å². The fourth-order valence-corrected chi connectivity index (χ4v) is 3.20. The number of nitro groups is 1. The van der Waals surface area contributed by atoms with Crippen LogP contribution in [0.1, 0.15) is 45.6 Å². The van der Waals surface area contributed by atoms with Crippen LogP contribution >= 0.6 is 0 Å². The Labute approximate surface area is 141 Å². The van der Waals surface area contributed by atoms with Gasteiger partial charge in [-0.25, -0.2) is 4.79 Å². The monoisotopic (exact) mass is 336 g/mol. The van der Waals surface area contributed by atoms with Crippen LogP contribution in [-0.4, -0.2) is 34.5 Å². The zero-order valence-electron chi connectivity index (χ0n) is 14.4. The van der Waals surface area contributed by atoms with E-state index in [1.165, 1.54) is 4.90 Å². The van der Waals surface area contributed by atoms with E-state index in [-0.39, 0.29) is 11.5 Å². The second kappa shape index (κ2) is 6.76. The third kappa shape index (κ3) is 3.67. The van der Waals surface area contributed by atoms with Crippen molar-refractivity contribution in [1.82, 2.24) is 0 Å². The SMILES string of the molecule is CC[C@@H]1[C@H](C[N+](=O)[O-])c2ccccc2N(C(=O)OC(C)(C)C)[C@H]1O. The number of aliphatic hydroxyl groups is 1. The van der Waals surface area contributed by atoms with Gasteiger partial charge in [-0.05, 0) is 38.8 Å². The van der Waals surface area contributed by atoms with Crippen molar-refractivity contribution in [3.63, 3.8) is 0 Å². The summed E-state index contributed by atoms with van der Waals surface area (Å²) in [5, 5.41) is 21.8. The average Bonchev–Trinajstić information content (AvgIpc) is 2.45. The van der Waals surface area contributed by atoms with Crippen molar-refractivity contribution in [1.29, 1.82) is 0 Å². The Balaban J connectivity index is 2.49. The number of aliphatic hydroxyl groups excluding tert-OH is 1. The molecule has 7 nitrogen and oxygen atoms in total. The summed E-state index contributed by atoms with van der Waals surface area (Å²) >= 11 is 0. The van der Waals surface area contributed by atoms with E-state index in [2.05, 4.69) is 0 Å². The van der Waals surface area contributed by atoms with Crippen LogP contribution in [0.4, 0.5) is 10.5 Å². The van der Waals surface area contributed by atoms with Gasteiger partial charge in [-0.15, -0.1) is 0 Å². The van der Waals surface area contributed by atoms with Crippen LogP contribution in [0.15, 0.2) is 24.3 Å². The smallest absolute Gasteiger partial charge is 0.416 e. The van der Waals surface area contributed by atoms with Crippen LogP contribution in [-0.2, 0) is 4.74 Å². The number of hydrogen-bond acceptors (Lipinski definition) is 5. The van der Waals surface area contributed by atoms with Gasteiger partial charge in [0.1, 0.15) is 11.8 Å². The second-order valence-corrected chi connectivity index (χ2v) is 7.02. The molecule has 0 aliphatic carbocycles. The van der Waals surface area contributed by atoms with Crippen LogP contribution < -0.4 is 4.90 Å². The van der Waals surface area contributed by atoms with Gasteiger partial charge in [-0.3, -0.25) is 15.0 Å². The molecule has 0 aromatic heterocycles. The lowest BCUT2D eigenvalue weighted by Crippen LogP contribution is -2.52. The van der Waals surface area contributed by atoms with Crippen molar-refractivity contribution in [2.75, 3.05) is 11.4 Å². The van der Waals surface area contributed by atoms with E-state index in [9.17, 15) is 20.0 Å². The van der Waals surface area contributed by atoms with Crippen molar-refractivity contribution < 1.29 is 19.6 Å². The Morgan fingerprint density at radius 1 is 1.38 bits per heavy atom. The van der Waals surface area contributed by atoms with Crippen LogP contribution in [0.5, 0.6) is 0 Å². The molecular formula is C17H24N2O5. The van der Waals surface area contributed by atoms with E-state index in [1.807, 2.05) is 6.92 Å². The normalized spacial score (nSPS) is 23.5. The van der Waals surface area contributed by atoms with Gasteiger partial charge in [-0.2, -0.15) is 0 Å². The predicted octanol–water partition coefficient (Wildman–Crippen LogP) is 3.15. The number of benzene rings is 1. The Bertz CT molecular complexity index is 626.